The molecule has 1 aliphatic heterocycles. The quantitative estimate of drug-likeness (QED) is 0.851. The summed E-state index contributed by atoms with van der Waals surface area (Å²) in [5.74, 6) is -0.991. The number of carbonyl (C=O) groups excluding carboxylic acids is 1. The Morgan fingerprint density at radius 2 is 2.24 bits per heavy atom. The van der Waals surface area contributed by atoms with Crippen LogP contribution in [0.2, 0.25) is 0 Å². The molecule has 17 heavy (non-hydrogen) atoms. The number of cyclic esters (lactones) is 1. The van der Waals surface area contributed by atoms with Crippen molar-refractivity contribution in [1.29, 1.82) is 0 Å². The maximum Gasteiger partial charge on any atom is 0.414 e. The number of hydrogen-bond acceptors (Lipinski definition) is 3. The van der Waals surface area contributed by atoms with Gasteiger partial charge in [-0.1, -0.05) is 6.07 Å². The molecule has 90 valence electrons. The highest BCUT2D eigenvalue weighted by molar-refractivity contribution is 5.95. The van der Waals surface area contributed by atoms with Gasteiger partial charge in [0.15, 0.2) is 0 Å². The number of nitrogens with zero attached hydrogens (tertiary/aromatic N) is 1. The van der Waals surface area contributed by atoms with E-state index in [0.717, 1.165) is 6.42 Å². The van der Waals surface area contributed by atoms with E-state index in [0.29, 0.717) is 24.4 Å². The zero-order valence-electron chi connectivity index (χ0n) is 9.47. The Bertz CT molecular complexity index is 470. The Labute approximate surface area is 98.6 Å². The molecule has 1 fully saturated rings. The number of amides is 1. The van der Waals surface area contributed by atoms with Crippen LogP contribution in [0, 0.1) is 6.92 Å². The third kappa shape index (κ3) is 2.08. The predicted octanol–water partition coefficient (Wildman–Crippen LogP) is 2.04. The molecule has 0 saturated carbocycles. The number of carbonyl (C=O) groups is 2. The Balaban J connectivity index is 2.41. The van der Waals surface area contributed by atoms with Crippen LogP contribution < -0.4 is 4.90 Å². The van der Waals surface area contributed by atoms with Crippen molar-refractivity contribution in [2.45, 2.75) is 13.3 Å². The van der Waals surface area contributed by atoms with Gasteiger partial charge in [0.2, 0.25) is 0 Å². The Kier molecular flexibility index (Phi) is 2.99. The van der Waals surface area contributed by atoms with E-state index in [9.17, 15) is 9.59 Å². The first-order valence-electron chi connectivity index (χ1n) is 5.38. The molecule has 1 N–H and O–H groups in total. The minimum absolute atomic E-state index is 0.209. The lowest BCUT2D eigenvalue weighted by Crippen LogP contribution is -2.38. The molecule has 0 bridgehead atoms. The van der Waals surface area contributed by atoms with Gasteiger partial charge in [-0.3, -0.25) is 4.90 Å². The molecule has 2 rings (SSSR count). The summed E-state index contributed by atoms with van der Waals surface area (Å²) in [7, 11) is 0. The number of ether oxygens (including phenoxy) is 1. The lowest BCUT2D eigenvalue weighted by molar-refractivity contribution is 0.0696. The highest BCUT2D eigenvalue weighted by atomic mass is 16.6. The second-order valence-corrected chi connectivity index (χ2v) is 3.87. The predicted molar refractivity (Wildman–Crippen MR) is 61.4 cm³/mol. The molecular weight excluding hydrogens is 222 g/mol. The van der Waals surface area contributed by atoms with Crippen LogP contribution in [-0.4, -0.2) is 30.3 Å². The van der Waals surface area contributed by atoms with E-state index in [1.54, 1.807) is 19.1 Å². The maximum absolute atomic E-state index is 11.6. The summed E-state index contributed by atoms with van der Waals surface area (Å²) >= 11 is 0. The largest absolute Gasteiger partial charge is 0.478 e. The Morgan fingerprint density at radius 1 is 1.47 bits per heavy atom. The van der Waals surface area contributed by atoms with Crippen LogP contribution in [0.25, 0.3) is 0 Å². The monoisotopic (exact) mass is 235 g/mol. The van der Waals surface area contributed by atoms with Gasteiger partial charge in [0.25, 0.3) is 0 Å². The van der Waals surface area contributed by atoms with Crippen LogP contribution in [0.15, 0.2) is 18.2 Å². The van der Waals surface area contributed by atoms with Gasteiger partial charge in [0.1, 0.15) is 0 Å². The van der Waals surface area contributed by atoms with Crippen molar-refractivity contribution >= 4 is 17.7 Å². The first kappa shape index (κ1) is 11.4. The van der Waals surface area contributed by atoms with Gasteiger partial charge in [-0.25, -0.2) is 9.59 Å². The molecule has 1 amide bonds. The van der Waals surface area contributed by atoms with Crippen LogP contribution in [0.1, 0.15) is 22.3 Å². The number of hydrogen-bond donors (Lipinski definition) is 1. The molecule has 1 aromatic carbocycles. The summed E-state index contributed by atoms with van der Waals surface area (Å²) < 4.78 is 4.94. The average molecular weight is 235 g/mol. The highest BCUT2D eigenvalue weighted by Crippen LogP contribution is 2.25. The number of carboxylic acid groups (broad SMARTS) is 1. The fraction of sp³-hybridized carbons (Fsp3) is 0.333. The molecule has 1 heterocycles. The van der Waals surface area contributed by atoms with Crippen molar-refractivity contribution in [2.24, 2.45) is 0 Å². The van der Waals surface area contributed by atoms with Crippen molar-refractivity contribution in [3.63, 3.8) is 0 Å². The van der Waals surface area contributed by atoms with Crippen LogP contribution in [0.4, 0.5) is 10.5 Å². The maximum atomic E-state index is 11.6. The molecule has 5 heteroatoms. The van der Waals surface area contributed by atoms with Gasteiger partial charge >= 0.3 is 12.1 Å². The van der Waals surface area contributed by atoms with Gasteiger partial charge in [-0.2, -0.15) is 0 Å². The molecule has 1 aliphatic rings. The normalized spacial score (nSPS) is 15.6. The van der Waals surface area contributed by atoms with E-state index in [1.807, 2.05) is 0 Å². The lowest BCUT2D eigenvalue weighted by Gasteiger charge is -2.28. The van der Waals surface area contributed by atoms with E-state index < -0.39 is 12.1 Å². The minimum Gasteiger partial charge on any atom is -0.478 e. The average Bonchev–Trinajstić information content (AvgIpc) is 2.30. The zero-order valence-corrected chi connectivity index (χ0v) is 9.47. The second kappa shape index (κ2) is 4.45. The first-order valence-corrected chi connectivity index (χ1v) is 5.38. The Hall–Kier alpha value is -2.04. The minimum atomic E-state index is -0.991. The van der Waals surface area contributed by atoms with E-state index in [2.05, 4.69) is 0 Å². The van der Waals surface area contributed by atoms with Gasteiger partial charge in [0.05, 0.1) is 17.9 Å². The molecule has 0 aromatic heterocycles. The molecule has 0 atom stereocenters. The van der Waals surface area contributed by atoms with Crippen LogP contribution in [0.5, 0.6) is 0 Å². The van der Waals surface area contributed by atoms with Gasteiger partial charge < -0.3 is 9.84 Å². The molecule has 0 radical (unpaired) electrons. The summed E-state index contributed by atoms with van der Waals surface area (Å²) in [6.45, 7) is 2.68. The molecule has 1 aromatic rings. The topological polar surface area (TPSA) is 66.8 Å². The summed E-state index contributed by atoms with van der Waals surface area (Å²) in [6, 6.07) is 4.89. The molecule has 1 saturated heterocycles. The third-order valence-electron chi connectivity index (χ3n) is 2.80. The van der Waals surface area contributed by atoms with Crippen molar-refractivity contribution in [3.8, 4) is 0 Å². The summed E-state index contributed by atoms with van der Waals surface area (Å²) in [5.41, 5.74) is 1.40. The number of carboxylic acids is 1. The van der Waals surface area contributed by atoms with Gasteiger partial charge in [0, 0.05) is 6.54 Å². The molecule has 0 unspecified atom stereocenters. The van der Waals surface area contributed by atoms with Crippen LogP contribution in [-0.2, 0) is 4.74 Å². The summed E-state index contributed by atoms with van der Waals surface area (Å²) in [4.78, 5) is 24.1. The Morgan fingerprint density at radius 3 is 2.88 bits per heavy atom. The molecule has 5 nitrogen and oxygen atoms in total. The van der Waals surface area contributed by atoms with E-state index in [1.165, 1.54) is 11.0 Å². The van der Waals surface area contributed by atoms with Crippen LogP contribution >= 0.6 is 0 Å². The van der Waals surface area contributed by atoms with Crippen molar-refractivity contribution < 1.29 is 19.4 Å². The van der Waals surface area contributed by atoms with Crippen molar-refractivity contribution in [3.05, 3.63) is 29.3 Å². The van der Waals surface area contributed by atoms with Crippen molar-refractivity contribution in [2.75, 3.05) is 18.1 Å². The number of anilines is 1. The number of aromatic carboxylic acids is 1. The first-order chi connectivity index (χ1) is 8.11. The van der Waals surface area contributed by atoms with E-state index in [-0.39, 0.29) is 5.56 Å². The smallest absolute Gasteiger partial charge is 0.414 e. The SMILES string of the molecule is Cc1c(C(=O)O)cccc1N1CCCOC1=O. The fourth-order valence-electron chi connectivity index (χ4n) is 1.92. The zero-order chi connectivity index (χ0) is 12.4. The van der Waals surface area contributed by atoms with Gasteiger partial charge in [-0.05, 0) is 31.0 Å². The number of rotatable bonds is 2. The lowest BCUT2D eigenvalue weighted by atomic mass is 10.1. The second-order valence-electron chi connectivity index (χ2n) is 3.87. The summed E-state index contributed by atoms with van der Waals surface area (Å²) in [5, 5.41) is 9.02. The van der Waals surface area contributed by atoms with E-state index >= 15 is 0 Å². The standard InChI is InChI=1S/C12H13NO4/c1-8-9(11(14)15)4-2-5-10(8)13-6-3-7-17-12(13)16/h2,4-5H,3,6-7H2,1H3,(H,14,15). The number of benzene rings is 1. The van der Waals surface area contributed by atoms with Crippen LogP contribution in [0.3, 0.4) is 0 Å². The highest BCUT2D eigenvalue weighted by Gasteiger charge is 2.24. The molecule has 0 spiro atoms. The van der Waals surface area contributed by atoms with E-state index in [4.69, 9.17) is 9.84 Å². The van der Waals surface area contributed by atoms with Crippen molar-refractivity contribution in [1.82, 2.24) is 0 Å². The molecule has 0 aliphatic carbocycles. The van der Waals surface area contributed by atoms with Gasteiger partial charge in [-0.15, -0.1) is 0 Å². The third-order valence-corrected chi connectivity index (χ3v) is 2.80. The fourth-order valence-corrected chi connectivity index (χ4v) is 1.92. The molecular formula is C12H13NO4. The summed E-state index contributed by atoms with van der Waals surface area (Å²) in [6.07, 6.45) is 0.338.